The van der Waals surface area contributed by atoms with Crippen LogP contribution in [0.4, 0.5) is 0 Å². The summed E-state index contributed by atoms with van der Waals surface area (Å²) in [7, 11) is 1.70. The normalized spacial score (nSPS) is 23.4. The fourth-order valence-corrected chi connectivity index (χ4v) is 3.98. The number of ketones is 1. The number of methoxy groups -OCH3 is 1. The number of hydrogen-bond acceptors (Lipinski definition) is 5. The summed E-state index contributed by atoms with van der Waals surface area (Å²) in [5.74, 6) is 0.490. The molecule has 0 radical (unpaired) electrons. The van der Waals surface area contributed by atoms with Crippen molar-refractivity contribution in [3.8, 4) is 5.75 Å². The average molecular weight is 345 g/mol. The SMILES string of the molecule is CCOC(=O)C1CN(CCC2CCc3ccc(OC)cc32)CCC1=O. The molecule has 2 atom stereocenters. The molecule has 3 rings (SSSR count). The van der Waals surface area contributed by atoms with Crippen molar-refractivity contribution in [1.82, 2.24) is 4.90 Å². The molecule has 0 bridgehead atoms. The van der Waals surface area contributed by atoms with Crippen LogP contribution in [0.5, 0.6) is 5.75 Å². The lowest BCUT2D eigenvalue weighted by atomic mass is 9.94. The van der Waals surface area contributed by atoms with Crippen molar-refractivity contribution in [2.75, 3.05) is 33.4 Å². The molecule has 5 heteroatoms. The van der Waals surface area contributed by atoms with E-state index >= 15 is 0 Å². The van der Waals surface area contributed by atoms with E-state index in [4.69, 9.17) is 9.47 Å². The number of piperidine rings is 1. The third kappa shape index (κ3) is 4.03. The maximum absolute atomic E-state index is 12.0. The van der Waals surface area contributed by atoms with Crippen LogP contribution in [0.2, 0.25) is 0 Å². The molecule has 1 heterocycles. The number of fused-ring (bicyclic) bond motifs is 1. The second kappa shape index (κ2) is 8.00. The Labute approximate surface area is 149 Å². The Hall–Kier alpha value is -1.88. The summed E-state index contributed by atoms with van der Waals surface area (Å²) in [6.07, 6.45) is 3.77. The first kappa shape index (κ1) is 17.9. The highest BCUT2D eigenvalue weighted by Gasteiger charge is 2.34. The number of carbonyl (C=O) groups is 2. The molecule has 1 saturated heterocycles. The van der Waals surface area contributed by atoms with Crippen LogP contribution in [0.1, 0.15) is 43.2 Å². The Balaban J connectivity index is 1.58. The lowest BCUT2D eigenvalue weighted by Crippen LogP contribution is -2.45. The van der Waals surface area contributed by atoms with Gasteiger partial charge in [0.15, 0.2) is 0 Å². The van der Waals surface area contributed by atoms with Crippen LogP contribution < -0.4 is 4.74 Å². The van der Waals surface area contributed by atoms with Crippen LogP contribution in [0.3, 0.4) is 0 Å². The first-order valence-corrected chi connectivity index (χ1v) is 9.21. The first-order chi connectivity index (χ1) is 12.1. The number of carbonyl (C=O) groups excluding carboxylic acids is 2. The zero-order valence-corrected chi connectivity index (χ0v) is 15.1. The standard InChI is InChI=1S/C20H27NO4/c1-3-25-20(23)18-13-21(11-9-19(18)22)10-8-15-5-4-14-6-7-16(24-2)12-17(14)15/h6-7,12,15,18H,3-5,8-11,13H2,1-2H3. The Morgan fingerprint density at radius 2 is 2.16 bits per heavy atom. The lowest BCUT2D eigenvalue weighted by Gasteiger charge is -2.31. The molecule has 136 valence electrons. The Morgan fingerprint density at radius 1 is 1.32 bits per heavy atom. The van der Waals surface area contributed by atoms with Crippen LogP contribution >= 0.6 is 0 Å². The zero-order valence-electron chi connectivity index (χ0n) is 15.1. The van der Waals surface area contributed by atoms with E-state index < -0.39 is 5.92 Å². The summed E-state index contributed by atoms with van der Waals surface area (Å²) in [6, 6.07) is 6.36. The van der Waals surface area contributed by atoms with Crippen molar-refractivity contribution in [3.05, 3.63) is 29.3 Å². The van der Waals surface area contributed by atoms with Gasteiger partial charge >= 0.3 is 5.97 Å². The monoisotopic (exact) mass is 345 g/mol. The fourth-order valence-electron chi connectivity index (χ4n) is 3.98. The van der Waals surface area contributed by atoms with Gasteiger partial charge in [-0.3, -0.25) is 9.59 Å². The van der Waals surface area contributed by atoms with Crippen molar-refractivity contribution < 1.29 is 19.1 Å². The minimum atomic E-state index is -0.607. The quantitative estimate of drug-likeness (QED) is 0.586. The maximum Gasteiger partial charge on any atom is 0.317 e. The highest BCUT2D eigenvalue weighted by atomic mass is 16.5. The summed E-state index contributed by atoms with van der Waals surface area (Å²) in [5.41, 5.74) is 2.82. The second-order valence-electron chi connectivity index (χ2n) is 6.91. The van der Waals surface area contributed by atoms with Gasteiger partial charge in [0.1, 0.15) is 17.5 Å². The van der Waals surface area contributed by atoms with E-state index in [-0.39, 0.29) is 11.8 Å². The van der Waals surface area contributed by atoms with Crippen molar-refractivity contribution in [2.24, 2.45) is 5.92 Å². The lowest BCUT2D eigenvalue weighted by molar-refractivity contribution is -0.153. The predicted octanol–water partition coefficient (Wildman–Crippen LogP) is 2.57. The minimum Gasteiger partial charge on any atom is -0.497 e. The van der Waals surface area contributed by atoms with Gasteiger partial charge < -0.3 is 14.4 Å². The molecule has 0 saturated carbocycles. The summed E-state index contributed by atoms with van der Waals surface area (Å²) in [5, 5.41) is 0. The predicted molar refractivity (Wildman–Crippen MR) is 94.9 cm³/mol. The number of esters is 1. The molecular weight excluding hydrogens is 318 g/mol. The number of rotatable bonds is 6. The van der Waals surface area contributed by atoms with Crippen molar-refractivity contribution in [2.45, 2.75) is 38.5 Å². The molecule has 0 aromatic heterocycles. The largest absolute Gasteiger partial charge is 0.497 e. The number of Topliss-reactive ketones (excluding diaryl/α,β-unsaturated/α-hetero) is 1. The third-order valence-corrected chi connectivity index (χ3v) is 5.42. The smallest absolute Gasteiger partial charge is 0.317 e. The number of likely N-dealkylation sites (tertiary alicyclic amines) is 1. The molecule has 1 aliphatic carbocycles. The first-order valence-electron chi connectivity index (χ1n) is 9.21. The van der Waals surface area contributed by atoms with Crippen LogP contribution in [0.25, 0.3) is 0 Å². The van der Waals surface area contributed by atoms with Crippen LogP contribution in [0.15, 0.2) is 18.2 Å². The van der Waals surface area contributed by atoms with E-state index in [0.717, 1.165) is 38.1 Å². The molecule has 0 amide bonds. The van der Waals surface area contributed by atoms with Crippen LogP contribution in [-0.4, -0.2) is 50.0 Å². The molecule has 0 N–H and O–H groups in total. The molecule has 1 fully saturated rings. The topological polar surface area (TPSA) is 55.8 Å². The van der Waals surface area contributed by atoms with Crippen molar-refractivity contribution in [1.29, 1.82) is 0 Å². The van der Waals surface area contributed by atoms with E-state index in [9.17, 15) is 9.59 Å². The van der Waals surface area contributed by atoms with E-state index in [0.29, 0.717) is 25.5 Å². The molecule has 0 spiro atoms. The molecule has 1 aromatic rings. The van der Waals surface area contributed by atoms with Gasteiger partial charge in [-0.05, 0) is 61.9 Å². The summed E-state index contributed by atoms with van der Waals surface area (Å²) >= 11 is 0. The molecule has 1 aromatic carbocycles. The van der Waals surface area contributed by atoms with Gasteiger partial charge in [-0.25, -0.2) is 0 Å². The van der Waals surface area contributed by atoms with E-state index in [1.807, 2.05) is 6.07 Å². The second-order valence-corrected chi connectivity index (χ2v) is 6.91. The van der Waals surface area contributed by atoms with E-state index in [1.165, 1.54) is 11.1 Å². The van der Waals surface area contributed by atoms with Crippen molar-refractivity contribution in [3.63, 3.8) is 0 Å². The highest BCUT2D eigenvalue weighted by molar-refractivity contribution is 5.99. The fraction of sp³-hybridized carbons (Fsp3) is 0.600. The average Bonchev–Trinajstić information content (AvgIpc) is 3.03. The van der Waals surface area contributed by atoms with Crippen molar-refractivity contribution >= 4 is 11.8 Å². The van der Waals surface area contributed by atoms with Gasteiger partial charge in [-0.15, -0.1) is 0 Å². The summed E-state index contributed by atoms with van der Waals surface area (Å²) in [6.45, 7) is 4.24. The van der Waals surface area contributed by atoms with E-state index in [2.05, 4.69) is 17.0 Å². The van der Waals surface area contributed by atoms with Gasteiger partial charge in [0.2, 0.25) is 0 Å². The Kier molecular flexibility index (Phi) is 5.74. The summed E-state index contributed by atoms with van der Waals surface area (Å²) in [4.78, 5) is 26.2. The van der Waals surface area contributed by atoms with Gasteiger partial charge in [-0.1, -0.05) is 6.07 Å². The molecule has 1 aliphatic heterocycles. The molecule has 2 aliphatic rings. The number of ether oxygens (including phenoxy) is 2. The highest BCUT2D eigenvalue weighted by Crippen LogP contribution is 2.37. The van der Waals surface area contributed by atoms with Gasteiger partial charge in [-0.2, -0.15) is 0 Å². The number of aryl methyl sites for hydroxylation is 1. The third-order valence-electron chi connectivity index (χ3n) is 5.42. The van der Waals surface area contributed by atoms with Gasteiger partial charge in [0, 0.05) is 19.5 Å². The maximum atomic E-state index is 12.0. The molecule has 5 nitrogen and oxygen atoms in total. The van der Waals surface area contributed by atoms with Crippen LogP contribution in [0, 0.1) is 5.92 Å². The number of benzene rings is 1. The van der Waals surface area contributed by atoms with E-state index in [1.54, 1.807) is 14.0 Å². The number of hydrogen-bond donors (Lipinski definition) is 0. The summed E-state index contributed by atoms with van der Waals surface area (Å²) < 4.78 is 10.4. The van der Waals surface area contributed by atoms with Gasteiger partial charge in [0.05, 0.1) is 13.7 Å². The van der Waals surface area contributed by atoms with Gasteiger partial charge in [0.25, 0.3) is 0 Å². The number of nitrogens with zero attached hydrogens (tertiary/aromatic N) is 1. The Bertz CT molecular complexity index is 643. The minimum absolute atomic E-state index is 0.0191. The van der Waals surface area contributed by atoms with Crippen LogP contribution in [-0.2, 0) is 20.7 Å². The molecule has 25 heavy (non-hydrogen) atoms. The molecule has 2 unspecified atom stereocenters. The zero-order chi connectivity index (χ0) is 17.8. The molecular formula is C20H27NO4. The Morgan fingerprint density at radius 3 is 2.92 bits per heavy atom.